The van der Waals surface area contributed by atoms with Crippen molar-refractivity contribution in [2.24, 2.45) is 5.41 Å². The normalized spacial score (nSPS) is 14.8. The van der Waals surface area contributed by atoms with Crippen molar-refractivity contribution in [1.82, 2.24) is 9.78 Å². The molecule has 0 amide bonds. The first-order valence-corrected chi connectivity index (χ1v) is 8.14. The fraction of sp³-hybridized carbons (Fsp3) is 0.786. The van der Waals surface area contributed by atoms with Crippen LogP contribution in [0.3, 0.4) is 0 Å². The van der Waals surface area contributed by atoms with Gasteiger partial charge in [-0.15, -0.1) is 11.6 Å². The van der Waals surface area contributed by atoms with Gasteiger partial charge in [0.2, 0.25) is 0 Å². The van der Waals surface area contributed by atoms with Crippen molar-refractivity contribution in [3.8, 4) is 0 Å². The van der Waals surface area contributed by atoms with Gasteiger partial charge in [0.05, 0.1) is 15.9 Å². The van der Waals surface area contributed by atoms with Crippen molar-refractivity contribution in [3.63, 3.8) is 0 Å². The quantitative estimate of drug-likeness (QED) is 0.653. The third-order valence-electron chi connectivity index (χ3n) is 3.46. The van der Waals surface area contributed by atoms with E-state index in [9.17, 15) is 0 Å². The van der Waals surface area contributed by atoms with E-state index in [4.69, 9.17) is 11.6 Å². The highest BCUT2D eigenvalue weighted by Gasteiger charge is 2.27. The van der Waals surface area contributed by atoms with E-state index >= 15 is 0 Å². The van der Waals surface area contributed by atoms with Crippen molar-refractivity contribution >= 4 is 27.5 Å². The molecule has 0 aliphatic rings. The zero-order chi connectivity index (χ0) is 13.8. The number of aryl methyl sites for hydroxylation is 2. The first-order chi connectivity index (χ1) is 8.51. The fourth-order valence-corrected chi connectivity index (χ4v) is 3.33. The minimum Gasteiger partial charge on any atom is -0.268 e. The average molecular weight is 336 g/mol. The Hall–Kier alpha value is -0.0200. The van der Waals surface area contributed by atoms with Crippen molar-refractivity contribution in [3.05, 3.63) is 15.9 Å². The number of nitrogens with zero attached hydrogens (tertiary/aromatic N) is 2. The molecule has 1 rings (SSSR count). The lowest BCUT2D eigenvalue weighted by molar-refractivity contribution is 0.324. The van der Waals surface area contributed by atoms with Gasteiger partial charge < -0.3 is 0 Å². The first kappa shape index (κ1) is 16.0. The summed E-state index contributed by atoms with van der Waals surface area (Å²) in [6.45, 7) is 9.69. The maximum atomic E-state index is 6.18. The first-order valence-electron chi connectivity index (χ1n) is 6.81. The van der Waals surface area contributed by atoms with Gasteiger partial charge in [0.25, 0.3) is 0 Å². The lowest BCUT2D eigenvalue weighted by Crippen LogP contribution is -2.23. The fourth-order valence-electron chi connectivity index (χ4n) is 2.40. The zero-order valence-corrected chi connectivity index (χ0v) is 14.2. The summed E-state index contributed by atoms with van der Waals surface area (Å²) in [6.07, 6.45) is 4.28. The van der Waals surface area contributed by atoms with Crippen LogP contribution in [0, 0.1) is 5.41 Å². The molecule has 0 saturated heterocycles. The SMILES string of the molecule is CCCC(C)(CCl)Cc1c(Br)c(CC)nn1CC. The standard InChI is InChI=1S/C14H24BrClN2/c1-5-8-14(4,10-16)9-12-13(15)11(6-2)17-18(12)7-3/h5-10H2,1-4H3. The summed E-state index contributed by atoms with van der Waals surface area (Å²) < 4.78 is 3.29. The molecule has 18 heavy (non-hydrogen) atoms. The van der Waals surface area contributed by atoms with Gasteiger partial charge in [-0.25, -0.2) is 0 Å². The summed E-state index contributed by atoms with van der Waals surface area (Å²) in [5, 5.41) is 4.65. The highest BCUT2D eigenvalue weighted by Crippen LogP contribution is 2.33. The van der Waals surface area contributed by atoms with Gasteiger partial charge in [-0.05, 0) is 47.5 Å². The van der Waals surface area contributed by atoms with E-state index in [-0.39, 0.29) is 5.41 Å². The van der Waals surface area contributed by atoms with E-state index in [1.807, 2.05) is 0 Å². The summed E-state index contributed by atoms with van der Waals surface area (Å²) in [6, 6.07) is 0. The third kappa shape index (κ3) is 3.51. The van der Waals surface area contributed by atoms with E-state index in [2.05, 4.69) is 53.4 Å². The minimum absolute atomic E-state index is 0.163. The second-order valence-corrected chi connectivity index (χ2v) is 6.31. The summed E-state index contributed by atoms with van der Waals surface area (Å²) >= 11 is 9.89. The van der Waals surface area contributed by atoms with Crippen LogP contribution >= 0.6 is 27.5 Å². The molecule has 2 nitrogen and oxygen atoms in total. The summed E-state index contributed by atoms with van der Waals surface area (Å²) in [5.74, 6) is 0.698. The molecule has 0 spiro atoms. The molecule has 0 saturated carbocycles. The molecule has 4 heteroatoms. The summed E-state index contributed by atoms with van der Waals surface area (Å²) in [7, 11) is 0. The molecular formula is C14H24BrClN2. The molecule has 0 radical (unpaired) electrons. The molecule has 0 aromatic carbocycles. The Morgan fingerprint density at radius 1 is 1.33 bits per heavy atom. The molecule has 0 bridgehead atoms. The number of hydrogen-bond donors (Lipinski definition) is 0. The van der Waals surface area contributed by atoms with Crippen LogP contribution in [0.5, 0.6) is 0 Å². The molecule has 0 N–H and O–H groups in total. The Balaban J connectivity index is 3.05. The number of rotatable bonds is 7. The van der Waals surface area contributed by atoms with Crippen molar-refractivity contribution in [1.29, 1.82) is 0 Å². The highest BCUT2D eigenvalue weighted by atomic mass is 79.9. The van der Waals surface area contributed by atoms with Gasteiger partial charge in [-0.1, -0.05) is 27.2 Å². The second-order valence-electron chi connectivity index (χ2n) is 5.25. The predicted molar refractivity (Wildman–Crippen MR) is 82.4 cm³/mol. The van der Waals surface area contributed by atoms with E-state index in [1.165, 1.54) is 16.6 Å². The Morgan fingerprint density at radius 3 is 2.44 bits per heavy atom. The van der Waals surface area contributed by atoms with E-state index < -0.39 is 0 Å². The van der Waals surface area contributed by atoms with Crippen LogP contribution < -0.4 is 0 Å². The van der Waals surface area contributed by atoms with Crippen LogP contribution in [0.2, 0.25) is 0 Å². The third-order valence-corrected chi connectivity index (χ3v) is 5.03. The van der Waals surface area contributed by atoms with Crippen LogP contribution in [0.4, 0.5) is 0 Å². The Kier molecular flexibility index (Phi) is 6.19. The lowest BCUT2D eigenvalue weighted by atomic mass is 9.83. The summed E-state index contributed by atoms with van der Waals surface area (Å²) in [4.78, 5) is 0. The van der Waals surface area contributed by atoms with Gasteiger partial charge in [0.1, 0.15) is 0 Å². The maximum Gasteiger partial charge on any atom is 0.0766 e. The Bertz CT molecular complexity index is 389. The van der Waals surface area contributed by atoms with Crippen LogP contribution in [0.1, 0.15) is 51.9 Å². The van der Waals surface area contributed by atoms with Crippen LogP contribution in [0.25, 0.3) is 0 Å². The molecular weight excluding hydrogens is 312 g/mol. The van der Waals surface area contributed by atoms with Gasteiger partial charge in [-0.3, -0.25) is 4.68 Å². The monoisotopic (exact) mass is 334 g/mol. The van der Waals surface area contributed by atoms with E-state index in [0.29, 0.717) is 5.88 Å². The molecule has 1 aromatic heterocycles. The number of alkyl halides is 1. The van der Waals surface area contributed by atoms with Crippen molar-refractivity contribution < 1.29 is 0 Å². The van der Waals surface area contributed by atoms with Crippen LogP contribution in [-0.2, 0) is 19.4 Å². The van der Waals surface area contributed by atoms with Gasteiger partial charge >= 0.3 is 0 Å². The molecule has 0 fully saturated rings. The molecule has 0 aliphatic carbocycles. The van der Waals surface area contributed by atoms with Crippen molar-refractivity contribution in [2.75, 3.05) is 5.88 Å². The van der Waals surface area contributed by atoms with E-state index in [1.54, 1.807) is 0 Å². The lowest BCUT2D eigenvalue weighted by Gasteiger charge is -2.27. The molecule has 104 valence electrons. The largest absolute Gasteiger partial charge is 0.268 e. The van der Waals surface area contributed by atoms with E-state index in [0.717, 1.165) is 31.5 Å². The minimum atomic E-state index is 0.163. The predicted octanol–water partition coefficient (Wildman–Crippen LogP) is 4.82. The molecule has 1 unspecified atom stereocenters. The zero-order valence-electron chi connectivity index (χ0n) is 11.9. The smallest absolute Gasteiger partial charge is 0.0766 e. The second kappa shape index (κ2) is 6.95. The molecule has 0 aliphatic heterocycles. The average Bonchev–Trinajstić information content (AvgIpc) is 2.66. The van der Waals surface area contributed by atoms with Crippen LogP contribution in [0.15, 0.2) is 4.47 Å². The number of halogens is 2. The van der Waals surface area contributed by atoms with Crippen LogP contribution in [-0.4, -0.2) is 15.7 Å². The topological polar surface area (TPSA) is 17.8 Å². The molecule has 1 aromatic rings. The Labute approximate surface area is 124 Å². The van der Waals surface area contributed by atoms with Gasteiger partial charge in [0, 0.05) is 12.4 Å². The maximum absolute atomic E-state index is 6.18. The highest BCUT2D eigenvalue weighted by molar-refractivity contribution is 9.10. The molecule has 1 atom stereocenters. The van der Waals surface area contributed by atoms with Gasteiger partial charge in [-0.2, -0.15) is 5.10 Å². The van der Waals surface area contributed by atoms with Crippen molar-refractivity contribution in [2.45, 2.75) is 59.9 Å². The molecule has 1 heterocycles. The van der Waals surface area contributed by atoms with Gasteiger partial charge in [0.15, 0.2) is 0 Å². The Morgan fingerprint density at radius 2 is 2.00 bits per heavy atom. The number of aromatic nitrogens is 2. The number of hydrogen-bond acceptors (Lipinski definition) is 1. The summed E-state index contributed by atoms with van der Waals surface area (Å²) in [5.41, 5.74) is 2.61.